The highest BCUT2D eigenvalue weighted by atomic mass is 16.6. The monoisotopic (exact) mass is 364 g/mol. The molecule has 2 rings (SSSR count). The number of carbonyl (C=O) groups is 2. The van der Waals surface area contributed by atoms with Gasteiger partial charge in [0.05, 0.1) is 19.1 Å². The summed E-state index contributed by atoms with van der Waals surface area (Å²) in [5.41, 5.74) is -0.0360. The van der Waals surface area contributed by atoms with E-state index in [1.807, 2.05) is 45.0 Å². The molecule has 0 atom stereocenters. The predicted octanol–water partition coefficient (Wildman–Crippen LogP) is 2.29. The van der Waals surface area contributed by atoms with Crippen LogP contribution < -0.4 is 10.1 Å². The van der Waals surface area contributed by atoms with E-state index < -0.39 is 23.2 Å². The Hall–Kier alpha value is -2.28. The molecule has 144 valence electrons. The summed E-state index contributed by atoms with van der Waals surface area (Å²) in [6.45, 7) is 6.71. The van der Waals surface area contributed by atoms with Crippen molar-refractivity contribution in [3.63, 3.8) is 0 Å². The molecule has 7 heteroatoms. The van der Waals surface area contributed by atoms with Crippen LogP contribution in [0.5, 0.6) is 5.75 Å². The SMILES string of the molecule is COc1ccc(CCNC2(CC(=O)O)CN(C(=O)OC(C)(C)C)C2)cc1. The lowest BCUT2D eigenvalue weighted by molar-refractivity contribution is -0.141. The Bertz CT molecular complexity index is 630. The minimum atomic E-state index is -0.884. The number of rotatable bonds is 7. The highest BCUT2D eigenvalue weighted by Crippen LogP contribution is 2.27. The summed E-state index contributed by atoms with van der Waals surface area (Å²) in [7, 11) is 1.62. The van der Waals surface area contributed by atoms with E-state index in [4.69, 9.17) is 9.47 Å². The molecule has 1 aromatic rings. The molecule has 0 aliphatic carbocycles. The topological polar surface area (TPSA) is 88.1 Å². The van der Waals surface area contributed by atoms with Gasteiger partial charge < -0.3 is 24.8 Å². The standard InChI is InChI=1S/C19H28N2O5/c1-18(2,3)26-17(24)21-12-19(13-21,11-16(22)23)20-10-9-14-5-7-15(25-4)8-6-14/h5-8,20H,9-13H2,1-4H3,(H,22,23). The highest BCUT2D eigenvalue weighted by Gasteiger charge is 2.47. The third-order valence-electron chi connectivity index (χ3n) is 4.20. The van der Waals surface area contributed by atoms with Crippen molar-refractivity contribution >= 4 is 12.1 Å². The molecule has 0 saturated carbocycles. The Labute approximate surface area is 154 Å². The fourth-order valence-electron chi connectivity index (χ4n) is 2.98. The number of methoxy groups -OCH3 is 1. The van der Waals surface area contributed by atoms with Crippen LogP contribution in [-0.2, 0) is 16.0 Å². The molecule has 2 N–H and O–H groups in total. The lowest BCUT2D eigenvalue weighted by Crippen LogP contribution is -2.71. The molecular formula is C19H28N2O5. The second-order valence-corrected chi connectivity index (χ2v) is 7.71. The van der Waals surface area contributed by atoms with Crippen molar-refractivity contribution in [1.29, 1.82) is 0 Å². The summed E-state index contributed by atoms with van der Waals surface area (Å²) < 4.78 is 10.5. The number of ether oxygens (including phenoxy) is 2. The molecule has 1 aromatic carbocycles. The Balaban J connectivity index is 1.88. The van der Waals surface area contributed by atoms with Crippen molar-refractivity contribution in [2.75, 3.05) is 26.7 Å². The number of carboxylic acid groups (broad SMARTS) is 1. The zero-order valence-corrected chi connectivity index (χ0v) is 15.9. The molecule has 0 aromatic heterocycles. The highest BCUT2D eigenvalue weighted by molar-refractivity contribution is 5.73. The summed E-state index contributed by atoms with van der Waals surface area (Å²) in [5.74, 6) is -0.0816. The number of aliphatic carboxylic acids is 1. The van der Waals surface area contributed by atoms with Gasteiger partial charge in [-0.3, -0.25) is 4.79 Å². The van der Waals surface area contributed by atoms with Gasteiger partial charge >= 0.3 is 12.1 Å². The minimum Gasteiger partial charge on any atom is -0.497 e. The molecule has 0 spiro atoms. The first-order chi connectivity index (χ1) is 12.1. The van der Waals surface area contributed by atoms with Crippen LogP contribution in [0.25, 0.3) is 0 Å². The van der Waals surface area contributed by atoms with Crippen molar-refractivity contribution in [2.24, 2.45) is 0 Å². The molecular weight excluding hydrogens is 336 g/mol. The average Bonchev–Trinajstić information content (AvgIpc) is 2.50. The van der Waals surface area contributed by atoms with Crippen molar-refractivity contribution in [3.8, 4) is 5.75 Å². The van der Waals surface area contributed by atoms with Crippen molar-refractivity contribution in [3.05, 3.63) is 29.8 Å². The quantitative estimate of drug-likeness (QED) is 0.772. The van der Waals surface area contributed by atoms with Crippen LogP contribution in [0, 0.1) is 0 Å². The van der Waals surface area contributed by atoms with E-state index in [9.17, 15) is 14.7 Å². The Morgan fingerprint density at radius 2 is 1.85 bits per heavy atom. The smallest absolute Gasteiger partial charge is 0.410 e. The lowest BCUT2D eigenvalue weighted by Gasteiger charge is -2.49. The number of hydrogen-bond acceptors (Lipinski definition) is 5. The van der Waals surface area contributed by atoms with Gasteiger partial charge in [-0.05, 0) is 51.4 Å². The average molecular weight is 364 g/mol. The Morgan fingerprint density at radius 1 is 1.23 bits per heavy atom. The van der Waals surface area contributed by atoms with Crippen LogP contribution in [-0.4, -0.2) is 60.0 Å². The summed E-state index contributed by atoms with van der Waals surface area (Å²) in [6.07, 6.45) is 0.322. The van der Waals surface area contributed by atoms with E-state index in [2.05, 4.69) is 5.32 Å². The van der Waals surface area contributed by atoms with Gasteiger partial charge in [0.1, 0.15) is 11.4 Å². The molecule has 1 fully saturated rings. The third-order valence-corrected chi connectivity index (χ3v) is 4.20. The number of nitrogens with one attached hydrogen (secondary N) is 1. The zero-order chi connectivity index (χ0) is 19.4. The molecule has 1 saturated heterocycles. The molecule has 7 nitrogen and oxygen atoms in total. The molecule has 26 heavy (non-hydrogen) atoms. The van der Waals surface area contributed by atoms with Gasteiger partial charge in [-0.15, -0.1) is 0 Å². The first-order valence-electron chi connectivity index (χ1n) is 8.70. The second-order valence-electron chi connectivity index (χ2n) is 7.71. The number of amides is 1. The molecule has 1 aliphatic rings. The number of carbonyl (C=O) groups excluding carboxylic acids is 1. The van der Waals surface area contributed by atoms with Crippen LogP contribution in [0.15, 0.2) is 24.3 Å². The number of benzene rings is 1. The second kappa shape index (κ2) is 7.95. The number of hydrogen-bond donors (Lipinski definition) is 2. The normalized spacial score (nSPS) is 15.9. The van der Waals surface area contributed by atoms with Gasteiger partial charge in [-0.2, -0.15) is 0 Å². The lowest BCUT2D eigenvalue weighted by atomic mass is 9.86. The van der Waals surface area contributed by atoms with E-state index in [1.54, 1.807) is 7.11 Å². The largest absolute Gasteiger partial charge is 0.497 e. The minimum absolute atomic E-state index is 0.0328. The summed E-state index contributed by atoms with van der Waals surface area (Å²) in [6, 6.07) is 7.77. The molecule has 0 bridgehead atoms. The van der Waals surface area contributed by atoms with Crippen LogP contribution in [0.3, 0.4) is 0 Å². The first kappa shape index (κ1) is 20.0. The van der Waals surface area contributed by atoms with Gasteiger partial charge in [0, 0.05) is 13.1 Å². The molecule has 0 radical (unpaired) electrons. The molecule has 1 heterocycles. The summed E-state index contributed by atoms with van der Waals surface area (Å²) >= 11 is 0. The van der Waals surface area contributed by atoms with E-state index in [0.717, 1.165) is 17.7 Å². The molecule has 1 amide bonds. The number of nitrogens with zero attached hydrogens (tertiary/aromatic N) is 1. The van der Waals surface area contributed by atoms with Crippen molar-refractivity contribution in [1.82, 2.24) is 10.2 Å². The van der Waals surface area contributed by atoms with Gasteiger partial charge in [0.25, 0.3) is 0 Å². The maximum Gasteiger partial charge on any atom is 0.410 e. The van der Waals surface area contributed by atoms with Gasteiger partial charge in [0.2, 0.25) is 0 Å². The maximum absolute atomic E-state index is 12.1. The van der Waals surface area contributed by atoms with Crippen LogP contribution in [0.1, 0.15) is 32.8 Å². The Morgan fingerprint density at radius 3 is 2.35 bits per heavy atom. The molecule has 0 unspecified atom stereocenters. The van der Waals surface area contributed by atoms with E-state index in [-0.39, 0.29) is 6.42 Å². The van der Waals surface area contributed by atoms with E-state index in [1.165, 1.54) is 4.90 Å². The maximum atomic E-state index is 12.1. The summed E-state index contributed by atoms with van der Waals surface area (Å²) in [5, 5.41) is 12.5. The van der Waals surface area contributed by atoms with Gasteiger partial charge in [0.15, 0.2) is 0 Å². The number of carboxylic acids is 1. The van der Waals surface area contributed by atoms with Gasteiger partial charge in [-0.25, -0.2) is 4.79 Å². The van der Waals surface area contributed by atoms with Gasteiger partial charge in [-0.1, -0.05) is 12.1 Å². The predicted molar refractivity (Wildman–Crippen MR) is 97.5 cm³/mol. The van der Waals surface area contributed by atoms with Crippen molar-refractivity contribution in [2.45, 2.75) is 44.8 Å². The van der Waals surface area contributed by atoms with Crippen LogP contribution in [0.4, 0.5) is 4.79 Å². The Kier molecular flexibility index (Phi) is 6.13. The first-order valence-corrected chi connectivity index (χ1v) is 8.70. The van der Waals surface area contributed by atoms with E-state index >= 15 is 0 Å². The fourth-order valence-corrected chi connectivity index (χ4v) is 2.98. The fraction of sp³-hybridized carbons (Fsp3) is 0.579. The van der Waals surface area contributed by atoms with Crippen LogP contribution in [0.2, 0.25) is 0 Å². The number of likely N-dealkylation sites (tertiary alicyclic amines) is 1. The zero-order valence-electron chi connectivity index (χ0n) is 15.9. The summed E-state index contributed by atoms with van der Waals surface area (Å²) in [4.78, 5) is 24.9. The third kappa shape index (κ3) is 5.62. The van der Waals surface area contributed by atoms with E-state index in [0.29, 0.717) is 19.6 Å². The van der Waals surface area contributed by atoms with Crippen LogP contribution >= 0.6 is 0 Å². The van der Waals surface area contributed by atoms with Crippen molar-refractivity contribution < 1.29 is 24.2 Å². The molecule has 1 aliphatic heterocycles.